The maximum absolute atomic E-state index is 13.1. The van der Waals surface area contributed by atoms with Crippen LogP contribution in [0.15, 0.2) is 23.1 Å². The minimum absolute atomic E-state index is 0.00812. The first-order chi connectivity index (χ1) is 14.4. The molecule has 1 aromatic carbocycles. The summed E-state index contributed by atoms with van der Waals surface area (Å²) in [6.45, 7) is 5.96. The number of fused-ring (bicyclic) bond motifs is 1. The Balaban J connectivity index is 1.65. The van der Waals surface area contributed by atoms with Gasteiger partial charge in [-0.1, -0.05) is 12.1 Å². The van der Waals surface area contributed by atoms with Gasteiger partial charge in [0.05, 0.1) is 16.5 Å². The molecule has 0 saturated carbocycles. The lowest BCUT2D eigenvalue weighted by atomic mass is 9.97. The van der Waals surface area contributed by atoms with Crippen LogP contribution in [-0.4, -0.2) is 67.0 Å². The fourth-order valence-electron chi connectivity index (χ4n) is 3.66. The lowest BCUT2D eigenvalue weighted by molar-refractivity contribution is -0.126. The van der Waals surface area contributed by atoms with E-state index in [1.807, 2.05) is 4.68 Å². The molecular formula is C20H31N5O4S. The number of hydrogen-bond donors (Lipinski definition) is 1. The zero-order valence-corrected chi connectivity index (χ0v) is 18.7. The second kappa shape index (κ2) is 9.84. The van der Waals surface area contributed by atoms with Crippen molar-refractivity contribution in [3.05, 3.63) is 18.2 Å². The quantitative estimate of drug-likeness (QED) is 0.601. The van der Waals surface area contributed by atoms with Crippen molar-refractivity contribution in [3.8, 4) is 0 Å². The third-order valence-electron chi connectivity index (χ3n) is 5.74. The normalized spacial score (nSPS) is 17.3. The van der Waals surface area contributed by atoms with Crippen LogP contribution in [-0.2, 0) is 19.6 Å². The average Bonchev–Trinajstić information content (AvgIpc) is 3.19. The van der Waals surface area contributed by atoms with E-state index >= 15 is 0 Å². The van der Waals surface area contributed by atoms with Crippen molar-refractivity contribution >= 4 is 27.0 Å². The predicted octanol–water partition coefficient (Wildman–Crippen LogP) is 1.96. The van der Waals surface area contributed by atoms with E-state index in [-0.39, 0.29) is 22.8 Å². The van der Waals surface area contributed by atoms with Crippen LogP contribution in [0.1, 0.15) is 45.6 Å². The van der Waals surface area contributed by atoms with Gasteiger partial charge < -0.3 is 10.1 Å². The Morgan fingerprint density at radius 3 is 2.73 bits per heavy atom. The molecule has 10 heteroatoms. The van der Waals surface area contributed by atoms with Crippen LogP contribution in [0, 0.1) is 5.92 Å². The third-order valence-corrected chi connectivity index (χ3v) is 7.63. The predicted molar refractivity (Wildman–Crippen MR) is 114 cm³/mol. The van der Waals surface area contributed by atoms with Crippen LogP contribution < -0.4 is 5.32 Å². The second-order valence-electron chi connectivity index (χ2n) is 7.76. The fourth-order valence-corrected chi connectivity index (χ4v) is 5.15. The summed E-state index contributed by atoms with van der Waals surface area (Å²) in [6, 6.07) is 5.17. The Bertz CT molecular complexity index is 967. The summed E-state index contributed by atoms with van der Waals surface area (Å²) >= 11 is 0. The number of carbonyl (C=O) groups excluding carboxylic acids is 1. The fraction of sp³-hybridized carbons (Fsp3) is 0.650. The minimum Gasteiger partial charge on any atom is -0.385 e. The molecule has 1 N–H and O–H groups in total. The van der Waals surface area contributed by atoms with Crippen molar-refractivity contribution in [2.45, 2.75) is 50.5 Å². The largest absolute Gasteiger partial charge is 0.385 e. The summed E-state index contributed by atoms with van der Waals surface area (Å²) < 4.78 is 34.5. The van der Waals surface area contributed by atoms with Crippen LogP contribution in [0.25, 0.3) is 11.0 Å². The monoisotopic (exact) mass is 437 g/mol. The van der Waals surface area contributed by atoms with Gasteiger partial charge in [-0.05, 0) is 50.8 Å². The van der Waals surface area contributed by atoms with E-state index < -0.39 is 10.0 Å². The molecule has 0 unspecified atom stereocenters. The molecule has 0 radical (unpaired) electrons. The number of carbonyl (C=O) groups is 1. The second-order valence-corrected chi connectivity index (χ2v) is 9.70. The number of nitrogens with one attached hydrogen (secondary N) is 1. The average molecular weight is 438 g/mol. The van der Waals surface area contributed by atoms with E-state index in [0.717, 1.165) is 18.4 Å². The van der Waals surface area contributed by atoms with Crippen molar-refractivity contribution in [2.24, 2.45) is 5.92 Å². The molecule has 0 bridgehead atoms. The van der Waals surface area contributed by atoms with E-state index in [1.165, 1.54) is 4.31 Å². The number of hydrogen-bond acceptors (Lipinski definition) is 6. The first kappa shape index (κ1) is 22.6. The molecule has 2 heterocycles. The molecule has 9 nitrogen and oxygen atoms in total. The SMILES string of the molecule is CC[C@@H](C)n1nnc2cc(S(=O)(=O)N3CCC(C(=O)NCCCOC)CC3)ccc21. The summed E-state index contributed by atoms with van der Waals surface area (Å²) in [5.74, 6) is -0.164. The van der Waals surface area contributed by atoms with Gasteiger partial charge >= 0.3 is 0 Å². The van der Waals surface area contributed by atoms with Gasteiger partial charge in [0, 0.05) is 39.3 Å². The molecule has 1 atom stereocenters. The van der Waals surface area contributed by atoms with Gasteiger partial charge in [0.1, 0.15) is 5.52 Å². The first-order valence-electron chi connectivity index (χ1n) is 10.5. The molecule has 0 spiro atoms. The highest BCUT2D eigenvalue weighted by Crippen LogP contribution is 2.26. The van der Waals surface area contributed by atoms with E-state index in [1.54, 1.807) is 25.3 Å². The maximum Gasteiger partial charge on any atom is 0.243 e. The molecule has 0 aliphatic carbocycles. The molecule has 1 aromatic heterocycles. The van der Waals surface area contributed by atoms with E-state index in [9.17, 15) is 13.2 Å². The summed E-state index contributed by atoms with van der Waals surface area (Å²) in [5, 5.41) is 11.2. The standard InChI is InChI=1S/C20H31N5O4S/c1-4-15(2)25-19-7-6-17(14-18(19)22-23-25)30(27,28)24-11-8-16(9-12-24)20(26)21-10-5-13-29-3/h6-7,14-16H,4-5,8-13H2,1-3H3,(H,21,26)/t15-/m1/s1. The molecule has 1 aliphatic rings. The van der Waals surface area contributed by atoms with E-state index in [4.69, 9.17) is 4.74 Å². The lowest BCUT2D eigenvalue weighted by Gasteiger charge is -2.30. The minimum atomic E-state index is -3.64. The van der Waals surface area contributed by atoms with Gasteiger partial charge in [0.2, 0.25) is 15.9 Å². The number of ether oxygens (including phenoxy) is 1. The van der Waals surface area contributed by atoms with Gasteiger partial charge in [-0.15, -0.1) is 5.10 Å². The molecular weight excluding hydrogens is 406 g/mol. The zero-order chi connectivity index (χ0) is 21.7. The number of piperidine rings is 1. The highest BCUT2D eigenvalue weighted by molar-refractivity contribution is 7.89. The number of sulfonamides is 1. The maximum atomic E-state index is 13.1. The van der Waals surface area contributed by atoms with Gasteiger partial charge in [-0.2, -0.15) is 4.31 Å². The molecule has 3 rings (SSSR count). The van der Waals surface area contributed by atoms with Crippen LogP contribution in [0.3, 0.4) is 0 Å². The first-order valence-corrected chi connectivity index (χ1v) is 11.9. The number of aromatic nitrogens is 3. The molecule has 2 aromatic rings. The number of amides is 1. The van der Waals surface area contributed by atoms with Crippen molar-refractivity contribution < 1.29 is 17.9 Å². The van der Waals surface area contributed by atoms with Crippen LogP contribution in [0.2, 0.25) is 0 Å². The third kappa shape index (κ3) is 4.81. The Kier molecular flexibility index (Phi) is 7.43. The highest BCUT2D eigenvalue weighted by atomic mass is 32.2. The molecule has 30 heavy (non-hydrogen) atoms. The molecule has 1 fully saturated rings. The van der Waals surface area contributed by atoms with E-state index in [0.29, 0.717) is 44.6 Å². The van der Waals surface area contributed by atoms with Crippen LogP contribution in [0.4, 0.5) is 0 Å². The smallest absolute Gasteiger partial charge is 0.243 e. The van der Waals surface area contributed by atoms with Crippen molar-refractivity contribution in [2.75, 3.05) is 33.4 Å². The Morgan fingerprint density at radius 1 is 1.33 bits per heavy atom. The summed E-state index contributed by atoms with van der Waals surface area (Å²) in [6.07, 6.45) is 2.70. The highest BCUT2D eigenvalue weighted by Gasteiger charge is 2.32. The van der Waals surface area contributed by atoms with Gasteiger partial charge in [0.15, 0.2) is 0 Å². The number of benzene rings is 1. The van der Waals surface area contributed by atoms with Crippen molar-refractivity contribution in [1.82, 2.24) is 24.6 Å². The van der Waals surface area contributed by atoms with Crippen LogP contribution >= 0.6 is 0 Å². The summed E-state index contributed by atoms with van der Waals surface area (Å²) in [5.41, 5.74) is 1.40. The topological polar surface area (TPSA) is 106 Å². The van der Waals surface area contributed by atoms with Gasteiger partial charge in [-0.25, -0.2) is 13.1 Å². The molecule has 1 aliphatic heterocycles. The lowest BCUT2D eigenvalue weighted by Crippen LogP contribution is -2.43. The zero-order valence-electron chi connectivity index (χ0n) is 17.9. The van der Waals surface area contributed by atoms with E-state index in [2.05, 4.69) is 29.5 Å². The van der Waals surface area contributed by atoms with Gasteiger partial charge in [0.25, 0.3) is 0 Å². The Hall–Kier alpha value is -2.04. The molecule has 1 amide bonds. The van der Waals surface area contributed by atoms with Crippen LogP contribution in [0.5, 0.6) is 0 Å². The summed E-state index contributed by atoms with van der Waals surface area (Å²) in [4.78, 5) is 12.5. The summed E-state index contributed by atoms with van der Waals surface area (Å²) in [7, 11) is -2.01. The number of rotatable bonds is 9. The van der Waals surface area contributed by atoms with Crippen molar-refractivity contribution in [1.29, 1.82) is 0 Å². The molecule has 166 valence electrons. The van der Waals surface area contributed by atoms with Crippen molar-refractivity contribution in [3.63, 3.8) is 0 Å². The number of nitrogens with zero attached hydrogens (tertiary/aromatic N) is 4. The Morgan fingerprint density at radius 2 is 2.07 bits per heavy atom. The molecule has 1 saturated heterocycles. The Labute approximate surface area is 177 Å². The van der Waals surface area contributed by atoms with Gasteiger partial charge in [-0.3, -0.25) is 4.79 Å². The number of methoxy groups -OCH3 is 1.